The number of nitrogens with zero attached hydrogens (tertiary/aromatic N) is 1. The lowest BCUT2D eigenvalue weighted by Gasteiger charge is -2.18. The molecule has 0 amide bonds. The summed E-state index contributed by atoms with van der Waals surface area (Å²) in [4.78, 5) is 0.198. The van der Waals surface area contributed by atoms with Crippen molar-refractivity contribution in [1.29, 1.82) is 0 Å². The zero-order chi connectivity index (χ0) is 13.2. The maximum atomic E-state index is 12.5. The van der Waals surface area contributed by atoms with E-state index in [2.05, 4.69) is 5.43 Å². The fraction of sp³-hybridized carbons (Fsp3) is 0.455. The fourth-order valence-electron chi connectivity index (χ4n) is 2.06. The van der Waals surface area contributed by atoms with Gasteiger partial charge in [0, 0.05) is 20.2 Å². The molecule has 0 radical (unpaired) electrons. The van der Waals surface area contributed by atoms with Crippen molar-refractivity contribution < 1.29 is 13.2 Å². The molecule has 1 atom stereocenters. The monoisotopic (exact) mass is 271 g/mol. The Labute approximate surface area is 107 Å². The Kier molecular flexibility index (Phi) is 3.86. The van der Waals surface area contributed by atoms with Gasteiger partial charge in [0.2, 0.25) is 10.0 Å². The van der Waals surface area contributed by atoms with Crippen LogP contribution >= 0.6 is 0 Å². The first kappa shape index (κ1) is 13.3. The van der Waals surface area contributed by atoms with Crippen LogP contribution in [0.25, 0.3) is 0 Å². The predicted octanol–water partition coefficient (Wildman–Crippen LogP) is 0.382. The van der Waals surface area contributed by atoms with Crippen LogP contribution in [0.1, 0.15) is 6.42 Å². The number of sulfonamides is 1. The summed E-state index contributed by atoms with van der Waals surface area (Å²) in [5, 5.41) is 0. The molecular weight excluding hydrogens is 254 g/mol. The van der Waals surface area contributed by atoms with Gasteiger partial charge in [0.15, 0.2) is 0 Å². The molecule has 7 heteroatoms. The van der Waals surface area contributed by atoms with Crippen LogP contribution in [0.15, 0.2) is 29.2 Å². The Morgan fingerprint density at radius 2 is 2.17 bits per heavy atom. The van der Waals surface area contributed by atoms with Gasteiger partial charge in [-0.15, -0.1) is 0 Å². The smallest absolute Gasteiger partial charge is 0.245 e. The van der Waals surface area contributed by atoms with Crippen molar-refractivity contribution in [2.75, 3.05) is 25.6 Å². The Bertz CT molecular complexity index is 518. The number of anilines is 1. The van der Waals surface area contributed by atoms with Gasteiger partial charge in [-0.3, -0.25) is 5.84 Å². The molecule has 0 aliphatic carbocycles. The second-order valence-corrected chi connectivity index (χ2v) is 6.06. The van der Waals surface area contributed by atoms with Gasteiger partial charge in [0.25, 0.3) is 0 Å². The van der Waals surface area contributed by atoms with Crippen molar-refractivity contribution >= 4 is 15.7 Å². The minimum Gasteiger partial charge on any atom is -0.380 e. The van der Waals surface area contributed by atoms with Gasteiger partial charge in [-0.1, -0.05) is 12.1 Å². The van der Waals surface area contributed by atoms with Crippen molar-refractivity contribution in [3.63, 3.8) is 0 Å². The van der Waals surface area contributed by atoms with E-state index in [1.165, 1.54) is 4.31 Å². The number of nitrogens with two attached hydrogens (primary N) is 1. The molecule has 1 aliphatic rings. The molecule has 18 heavy (non-hydrogen) atoms. The second-order valence-electron chi connectivity index (χ2n) is 4.15. The Balaban J connectivity index is 2.31. The predicted molar refractivity (Wildman–Crippen MR) is 68.4 cm³/mol. The standard InChI is InChI=1S/C11H17N3O3S/c1-17-9-6-7-14(8-9)18(15,16)11-5-3-2-4-10(11)13-12/h2-5,9,13H,6-8,12H2,1H3. The SMILES string of the molecule is COC1CCN(S(=O)(=O)c2ccccc2NN)C1. The highest BCUT2D eigenvalue weighted by molar-refractivity contribution is 7.89. The van der Waals surface area contributed by atoms with Crippen LogP contribution in [0.4, 0.5) is 5.69 Å². The molecule has 0 aromatic heterocycles. The quantitative estimate of drug-likeness (QED) is 0.611. The number of hydrogen-bond donors (Lipinski definition) is 2. The normalized spacial score (nSPS) is 21.1. The number of para-hydroxylation sites is 1. The molecule has 1 unspecified atom stereocenters. The first-order valence-corrected chi connectivity index (χ1v) is 7.12. The number of rotatable bonds is 4. The van der Waals surface area contributed by atoms with Crippen molar-refractivity contribution in [2.24, 2.45) is 5.84 Å². The van der Waals surface area contributed by atoms with Gasteiger partial charge in [-0.2, -0.15) is 4.31 Å². The number of methoxy groups -OCH3 is 1. The molecule has 0 bridgehead atoms. The highest BCUT2D eigenvalue weighted by Gasteiger charge is 2.33. The first-order valence-electron chi connectivity index (χ1n) is 5.68. The van der Waals surface area contributed by atoms with Crippen molar-refractivity contribution in [1.82, 2.24) is 4.31 Å². The number of benzene rings is 1. The van der Waals surface area contributed by atoms with Gasteiger partial charge >= 0.3 is 0 Å². The molecule has 6 nitrogen and oxygen atoms in total. The number of ether oxygens (including phenoxy) is 1. The van der Waals surface area contributed by atoms with Crippen molar-refractivity contribution in [2.45, 2.75) is 17.4 Å². The Hall–Kier alpha value is -1.15. The third-order valence-corrected chi connectivity index (χ3v) is 5.02. The van der Waals surface area contributed by atoms with E-state index in [9.17, 15) is 8.42 Å². The minimum atomic E-state index is -3.51. The summed E-state index contributed by atoms with van der Waals surface area (Å²) in [6.45, 7) is 0.859. The largest absolute Gasteiger partial charge is 0.380 e. The summed E-state index contributed by atoms with van der Waals surface area (Å²) in [7, 11) is -1.92. The summed E-state index contributed by atoms with van der Waals surface area (Å²) in [6, 6.07) is 6.59. The molecule has 1 aromatic carbocycles. The molecule has 100 valence electrons. The zero-order valence-corrected chi connectivity index (χ0v) is 11.0. The van der Waals surface area contributed by atoms with Crippen LogP contribution in [0.5, 0.6) is 0 Å². The zero-order valence-electron chi connectivity index (χ0n) is 10.2. The van der Waals surface area contributed by atoms with Crippen molar-refractivity contribution in [3.8, 4) is 0 Å². The molecule has 1 saturated heterocycles. The average Bonchev–Trinajstić information content (AvgIpc) is 2.88. The summed E-state index contributed by atoms with van der Waals surface area (Å²) in [6.07, 6.45) is 0.686. The van der Waals surface area contributed by atoms with Crippen LogP contribution in [0, 0.1) is 0 Å². The highest BCUT2D eigenvalue weighted by atomic mass is 32.2. The maximum absolute atomic E-state index is 12.5. The second kappa shape index (κ2) is 5.23. The van der Waals surface area contributed by atoms with E-state index in [4.69, 9.17) is 10.6 Å². The van der Waals surface area contributed by atoms with Gasteiger partial charge in [-0.25, -0.2) is 8.42 Å². The van der Waals surface area contributed by atoms with Gasteiger partial charge in [0.1, 0.15) is 4.90 Å². The maximum Gasteiger partial charge on any atom is 0.245 e. The van der Waals surface area contributed by atoms with E-state index in [0.717, 1.165) is 0 Å². The van der Waals surface area contributed by atoms with E-state index in [1.807, 2.05) is 0 Å². The van der Waals surface area contributed by atoms with Gasteiger partial charge < -0.3 is 10.2 Å². The van der Waals surface area contributed by atoms with E-state index in [0.29, 0.717) is 25.2 Å². The fourth-order valence-corrected chi connectivity index (χ4v) is 3.70. The molecule has 1 heterocycles. The van der Waals surface area contributed by atoms with E-state index >= 15 is 0 Å². The van der Waals surface area contributed by atoms with Crippen LogP contribution in [0.3, 0.4) is 0 Å². The lowest BCUT2D eigenvalue weighted by atomic mass is 10.3. The molecule has 3 N–H and O–H groups in total. The molecule has 1 aromatic rings. The number of nitrogen functional groups attached to an aromatic ring is 1. The van der Waals surface area contributed by atoms with E-state index < -0.39 is 10.0 Å². The molecule has 1 fully saturated rings. The third-order valence-electron chi connectivity index (χ3n) is 3.10. The summed E-state index contributed by atoms with van der Waals surface area (Å²) < 4.78 is 31.5. The van der Waals surface area contributed by atoms with Gasteiger partial charge in [0.05, 0.1) is 11.8 Å². The highest BCUT2D eigenvalue weighted by Crippen LogP contribution is 2.26. The average molecular weight is 271 g/mol. The first-order chi connectivity index (χ1) is 8.59. The molecule has 2 rings (SSSR count). The molecule has 0 saturated carbocycles. The van der Waals surface area contributed by atoms with Crippen LogP contribution in [0.2, 0.25) is 0 Å². The Morgan fingerprint density at radius 3 is 2.78 bits per heavy atom. The topological polar surface area (TPSA) is 84.7 Å². The summed E-state index contributed by atoms with van der Waals surface area (Å²) >= 11 is 0. The molecular formula is C11H17N3O3S. The van der Waals surface area contributed by atoms with Crippen LogP contribution in [-0.2, 0) is 14.8 Å². The van der Waals surface area contributed by atoms with Crippen molar-refractivity contribution in [3.05, 3.63) is 24.3 Å². The van der Waals surface area contributed by atoms with Crippen LogP contribution < -0.4 is 11.3 Å². The molecule has 0 spiro atoms. The third kappa shape index (κ3) is 2.35. The number of nitrogens with one attached hydrogen (secondary N) is 1. The lowest BCUT2D eigenvalue weighted by Crippen LogP contribution is -2.31. The van der Waals surface area contributed by atoms with E-state index in [-0.39, 0.29) is 11.0 Å². The van der Waals surface area contributed by atoms with E-state index in [1.54, 1.807) is 31.4 Å². The minimum absolute atomic E-state index is 0.0298. The number of hydrogen-bond acceptors (Lipinski definition) is 5. The Morgan fingerprint density at radius 1 is 1.44 bits per heavy atom. The summed E-state index contributed by atoms with van der Waals surface area (Å²) in [5.41, 5.74) is 2.81. The lowest BCUT2D eigenvalue weighted by molar-refractivity contribution is 0.115. The molecule has 1 aliphatic heterocycles. The van der Waals surface area contributed by atoms with Gasteiger partial charge in [-0.05, 0) is 18.6 Å². The number of hydrazine groups is 1. The van der Waals surface area contributed by atoms with Crippen LogP contribution in [-0.4, -0.2) is 39.0 Å². The summed E-state index contributed by atoms with van der Waals surface area (Å²) in [5.74, 6) is 5.34.